The number of carboxylic acids is 1. The molecule has 8 nitrogen and oxygen atoms in total. The van der Waals surface area contributed by atoms with Gasteiger partial charge in [0.1, 0.15) is 12.6 Å². The van der Waals surface area contributed by atoms with Gasteiger partial charge in [0.05, 0.1) is 40.3 Å². The van der Waals surface area contributed by atoms with Crippen LogP contribution in [0.3, 0.4) is 0 Å². The number of esters is 2. The minimum atomic E-state index is -1.13. The van der Waals surface area contributed by atoms with Crippen molar-refractivity contribution in [3.8, 4) is 0 Å². The number of nitrogens with zero attached hydrogens (tertiary/aromatic N) is 1. The zero-order valence-corrected chi connectivity index (χ0v) is 34.0. The van der Waals surface area contributed by atoms with Crippen molar-refractivity contribution in [2.24, 2.45) is 0 Å². The van der Waals surface area contributed by atoms with Crippen molar-refractivity contribution < 1.29 is 38.2 Å². The summed E-state index contributed by atoms with van der Waals surface area (Å²) in [7, 11) is 5.38. The topological polar surface area (TPSA) is 102 Å². The van der Waals surface area contributed by atoms with E-state index in [1.807, 2.05) is 0 Å². The quantitative estimate of drug-likeness (QED) is 0.0208. The second kappa shape index (κ2) is 35.3. The number of quaternary nitrogens is 1. The Kier molecular flexibility index (Phi) is 33.5. The number of aliphatic carboxylic acids is 1. The molecule has 0 aliphatic rings. The smallest absolute Gasteiger partial charge is 0.306 e. The molecule has 52 heavy (non-hydrogen) atoms. The fraction of sp³-hybridized carbons (Fsp3) is 0.750. The van der Waals surface area contributed by atoms with Crippen LogP contribution in [0.2, 0.25) is 0 Å². The first-order valence-electron chi connectivity index (χ1n) is 20.7. The molecule has 0 aromatic heterocycles. The second-order valence-corrected chi connectivity index (χ2v) is 14.9. The number of allylic oxidation sites excluding steroid dienone is 8. The first kappa shape index (κ1) is 49.3. The van der Waals surface area contributed by atoms with Crippen molar-refractivity contribution in [3.05, 3.63) is 48.6 Å². The Morgan fingerprint density at radius 3 is 1.67 bits per heavy atom. The van der Waals surface area contributed by atoms with Gasteiger partial charge in [-0.3, -0.25) is 9.59 Å². The summed E-state index contributed by atoms with van der Waals surface area (Å²) >= 11 is 0. The molecular formula is C44H77NO7. The minimum Gasteiger partial charge on any atom is -0.544 e. The molecule has 0 spiro atoms. The molecule has 2 unspecified atom stereocenters. The Labute approximate surface area is 318 Å². The van der Waals surface area contributed by atoms with Crippen LogP contribution in [0.15, 0.2) is 48.6 Å². The fourth-order valence-corrected chi connectivity index (χ4v) is 5.66. The van der Waals surface area contributed by atoms with Gasteiger partial charge in [0.25, 0.3) is 0 Å². The molecule has 0 aromatic rings. The van der Waals surface area contributed by atoms with E-state index in [9.17, 15) is 19.5 Å². The third-order valence-corrected chi connectivity index (χ3v) is 8.97. The number of carbonyl (C=O) groups excluding carboxylic acids is 3. The number of carbonyl (C=O) groups is 3. The summed E-state index contributed by atoms with van der Waals surface area (Å²) in [6.07, 6.45) is 39.9. The zero-order chi connectivity index (χ0) is 38.5. The average Bonchev–Trinajstić information content (AvgIpc) is 3.09. The summed E-state index contributed by atoms with van der Waals surface area (Å²) in [5.74, 6) is -1.79. The molecule has 0 aliphatic carbocycles. The summed E-state index contributed by atoms with van der Waals surface area (Å²) in [4.78, 5) is 36.7. The lowest BCUT2D eigenvalue weighted by Crippen LogP contribution is -2.55. The summed E-state index contributed by atoms with van der Waals surface area (Å²) in [5, 5.41) is 11.6. The van der Waals surface area contributed by atoms with E-state index in [1.54, 1.807) is 21.1 Å². The van der Waals surface area contributed by atoms with Gasteiger partial charge in [-0.2, -0.15) is 0 Å². The van der Waals surface area contributed by atoms with Crippen molar-refractivity contribution in [2.45, 2.75) is 174 Å². The van der Waals surface area contributed by atoms with Gasteiger partial charge < -0.3 is 28.6 Å². The van der Waals surface area contributed by atoms with Crippen molar-refractivity contribution in [3.63, 3.8) is 0 Å². The number of ether oxygens (including phenoxy) is 3. The molecule has 0 saturated heterocycles. The summed E-state index contributed by atoms with van der Waals surface area (Å²) < 4.78 is 17.1. The van der Waals surface area contributed by atoms with Crippen molar-refractivity contribution >= 4 is 17.9 Å². The van der Waals surface area contributed by atoms with E-state index in [4.69, 9.17) is 14.2 Å². The van der Waals surface area contributed by atoms with Gasteiger partial charge >= 0.3 is 11.9 Å². The standard InChI is InChI=1S/C44H77NO7/c1-6-8-10-12-14-16-18-19-20-21-22-23-25-27-29-31-33-35-43(47)52-40(38-50-37-36-41(44(48)49)45(3,4)5)39-51-42(46)34-32-30-28-26-24-17-15-13-11-9-7-2/h13-17,19-20,24,40-41H,6-12,18,21-23,25-39H2,1-5H3/b15-13+,16-14+,20-19+,24-17+. The molecule has 0 bridgehead atoms. The number of carboxylic acid groups (broad SMARTS) is 1. The van der Waals surface area contributed by atoms with E-state index >= 15 is 0 Å². The van der Waals surface area contributed by atoms with E-state index in [0.29, 0.717) is 12.8 Å². The van der Waals surface area contributed by atoms with Crippen LogP contribution in [0, 0.1) is 0 Å². The largest absolute Gasteiger partial charge is 0.544 e. The fourth-order valence-electron chi connectivity index (χ4n) is 5.66. The molecule has 0 radical (unpaired) electrons. The van der Waals surface area contributed by atoms with Crippen LogP contribution >= 0.6 is 0 Å². The van der Waals surface area contributed by atoms with Crippen LogP contribution in [-0.4, -0.2) is 75.5 Å². The van der Waals surface area contributed by atoms with Gasteiger partial charge in [-0.05, 0) is 64.2 Å². The van der Waals surface area contributed by atoms with Crippen LogP contribution in [0.1, 0.15) is 162 Å². The van der Waals surface area contributed by atoms with Crippen LogP contribution in [0.25, 0.3) is 0 Å². The average molecular weight is 732 g/mol. The highest BCUT2D eigenvalue weighted by molar-refractivity contribution is 5.70. The van der Waals surface area contributed by atoms with Gasteiger partial charge in [-0.25, -0.2) is 0 Å². The molecule has 0 aromatic carbocycles. The lowest BCUT2D eigenvalue weighted by atomic mass is 10.1. The monoisotopic (exact) mass is 732 g/mol. The second-order valence-electron chi connectivity index (χ2n) is 14.9. The van der Waals surface area contributed by atoms with Crippen LogP contribution in [0.4, 0.5) is 0 Å². The number of hydrogen-bond donors (Lipinski definition) is 0. The Bertz CT molecular complexity index is 995. The molecule has 0 fully saturated rings. The van der Waals surface area contributed by atoms with Crippen LogP contribution in [-0.2, 0) is 28.6 Å². The third kappa shape index (κ3) is 33.1. The molecule has 300 valence electrons. The van der Waals surface area contributed by atoms with Gasteiger partial charge in [0.15, 0.2) is 6.10 Å². The van der Waals surface area contributed by atoms with Gasteiger partial charge in [-0.15, -0.1) is 0 Å². The molecule has 0 aliphatic heterocycles. The summed E-state index contributed by atoms with van der Waals surface area (Å²) in [6, 6.07) is -0.731. The highest BCUT2D eigenvalue weighted by Gasteiger charge is 2.25. The van der Waals surface area contributed by atoms with Crippen molar-refractivity contribution in [1.29, 1.82) is 0 Å². The maximum atomic E-state index is 12.7. The Morgan fingerprint density at radius 1 is 0.596 bits per heavy atom. The van der Waals surface area contributed by atoms with Gasteiger partial charge in [0.2, 0.25) is 0 Å². The highest BCUT2D eigenvalue weighted by Crippen LogP contribution is 2.13. The van der Waals surface area contributed by atoms with E-state index in [-0.39, 0.29) is 42.7 Å². The molecular weight excluding hydrogens is 654 g/mol. The first-order valence-corrected chi connectivity index (χ1v) is 20.7. The van der Waals surface area contributed by atoms with E-state index < -0.39 is 18.1 Å². The summed E-state index contributed by atoms with van der Waals surface area (Å²) in [5.41, 5.74) is 0. The maximum Gasteiger partial charge on any atom is 0.306 e. The predicted octanol–water partition coefficient (Wildman–Crippen LogP) is 9.52. The van der Waals surface area contributed by atoms with E-state index in [2.05, 4.69) is 62.5 Å². The molecule has 0 saturated carbocycles. The molecule has 0 rings (SSSR count). The van der Waals surface area contributed by atoms with E-state index in [1.165, 1.54) is 64.2 Å². The van der Waals surface area contributed by atoms with Crippen molar-refractivity contribution in [1.82, 2.24) is 0 Å². The lowest BCUT2D eigenvalue weighted by Gasteiger charge is -2.34. The molecule has 2 atom stereocenters. The summed E-state index contributed by atoms with van der Waals surface area (Å²) in [6.45, 7) is 4.53. The van der Waals surface area contributed by atoms with Crippen LogP contribution in [0.5, 0.6) is 0 Å². The maximum absolute atomic E-state index is 12.7. The van der Waals surface area contributed by atoms with E-state index in [0.717, 1.165) is 64.2 Å². The lowest BCUT2D eigenvalue weighted by molar-refractivity contribution is -0.889. The van der Waals surface area contributed by atoms with Gasteiger partial charge in [-0.1, -0.05) is 127 Å². The third-order valence-electron chi connectivity index (χ3n) is 8.97. The molecule has 0 N–H and O–H groups in total. The Hall–Kier alpha value is -2.71. The number of rotatable bonds is 36. The Balaban J connectivity index is 4.41. The number of hydrogen-bond acceptors (Lipinski definition) is 7. The highest BCUT2D eigenvalue weighted by atomic mass is 16.6. The predicted molar refractivity (Wildman–Crippen MR) is 213 cm³/mol. The first-order chi connectivity index (χ1) is 25.1. The minimum absolute atomic E-state index is 0.0279. The van der Waals surface area contributed by atoms with Gasteiger partial charge in [0, 0.05) is 19.3 Å². The van der Waals surface area contributed by atoms with Crippen molar-refractivity contribution in [2.75, 3.05) is 41.0 Å². The normalized spacial score (nSPS) is 13.5. The molecule has 0 amide bonds. The SMILES string of the molecule is CCCC/C=C/C=C/CCCCCC(=O)OCC(COCCC(C(=O)[O-])[N+](C)(C)C)OC(=O)CCCCCCCCC/C=C/C/C=C/CCCCC. The molecule has 0 heterocycles. The van der Waals surface area contributed by atoms with Crippen LogP contribution < -0.4 is 5.11 Å². The number of unbranched alkanes of at least 4 members (excludes halogenated alkanes) is 15. The Morgan fingerprint density at radius 2 is 1.10 bits per heavy atom. The zero-order valence-electron chi connectivity index (χ0n) is 34.0. The number of likely N-dealkylation sites (N-methyl/N-ethyl adjacent to an activating group) is 1. The molecule has 8 heteroatoms.